The molecule has 0 aliphatic carbocycles. The molecule has 17 heavy (non-hydrogen) atoms. The van der Waals surface area contributed by atoms with Gasteiger partial charge in [0.1, 0.15) is 0 Å². The normalized spacial score (nSPS) is 14.8. The molecule has 0 spiro atoms. The van der Waals surface area contributed by atoms with Crippen molar-refractivity contribution in [1.29, 1.82) is 0 Å². The van der Waals surface area contributed by atoms with E-state index in [1.165, 1.54) is 0 Å². The van der Waals surface area contributed by atoms with Crippen LogP contribution in [0.5, 0.6) is 0 Å². The highest BCUT2D eigenvalue weighted by Gasteiger charge is 2.21. The summed E-state index contributed by atoms with van der Waals surface area (Å²) in [6, 6.07) is 1.64. The van der Waals surface area contributed by atoms with Gasteiger partial charge in [0.05, 0.1) is 12.3 Å². The molecule has 5 heteroatoms. The number of aryl methyl sites for hydroxylation is 1. The van der Waals surface area contributed by atoms with Crippen LogP contribution in [0.15, 0.2) is 21.3 Å². The molecule has 5 nitrogen and oxygen atoms in total. The summed E-state index contributed by atoms with van der Waals surface area (Å²) in [4.78, 5) is 4.29. The van der Waals surface area contributed by atoms with Gasteiger partial charge in [0.15, 0.2) is 5.76 Å². The van der Waals surface area contributed by atoms with Gasteiger partial charge >= 0.3 is 0 Å². The Bertz CT molecular complexity index is 489. The van der Waals surface area contributed by atoms with Crippen LogP contribution < -0.4 is 5.73 Å². The fraction of sp³-hybridized carbons (Fsp3) is 0.500. The Morgan fingerprint density at radius 3 is 2.82 bits per heavy atom. The Balaban J connectivity index is 2.25. The molecule has 2 unspecified atom stereocenters. The molecule has 0 aromatic carbocycles. The minimum absolute atomic E-state index is 0.225. The monoisotopic (exact) mass is 235 g/mol. The number of rotatable bonds is 4. The van der Waals surface area contributed by atoms with Crippen molar-refractivity contribution < 1.29 is 8.94 Å². The standard InChI is InChI=1S/C12H17N3O2/c1-4-7(2)9(13)12-14-11(15-17-12)10-8(3)5-6-16-10/h5-7,9H,4,13H2,1-3H3. The van der Waals surface area contributed by atoms with E-state index in [1.807, 2.05) is 13.0 Å². The van der Waals surface area contributed by atoms with E-state index in [4.69, 9.17) is 14.7 Å². The molecule has 0 saturated heterocycles. The Morgan fingerprint density at radius 2 is 2.24 bits per heavy atom. The van der Waals surface area contributed by atoms with E-state index in [2.05, 4.69) is 24.0 Å². The van der Waals surface area contributed by atoms with Gasteiger partial charge in [0.2, 0.25) is 11.7 Å². The lowest BCUT2D eigenvalue weighted by Crippen LogP contribution is -2.18. The van der Waals surface area contributed by atoms with Crippen LogP contribution in [0.4, 0.5) is 0 Å². The first kappa shape index (κ1) is 11.9. The highest BCUT2D eigenvalue weighted by atomic mass is 16.5. The van der Waals surface area contributed by atoms with E-state index in [0.29, 0.717) is 23.4 Å². The first-order valence-electron chi connectivity index (χ1n) is 5.77. The second-order valence-electron chi connectivity index (χ2n) is 4.30. The maximum atomic E-state index is 6.03. The maximum Gasteiger partial charge on any atom is 0.244 e. The van der Waals surface area contributed by atoms with E-state index in [0.717, 1.165) is 12.0 Å². The van der Waals surface area contributed by atoms with Crippen molar-refractivity contribution in [3.05, 3.63) is 23.8 Å². The third-order valence-corrected chi connectivity index (χ3v) is 3.05. The molecule has 0 fully saturated rings. The molecule has 2 rings (SSSR count). The first-order chi connectivity index (χ1) is 8.13. The van der Waals surface area contributed by atoms with Crippen LogP contribution in [-0.4, -0.2) is 10.1 Å². The lowest BCUT2D eigenvalue weighted by Gasteiger charge is -2.12. The van der Waals surface area contributed by atoms with Crippen molar-refractivity contribution in [2.75, 3.05) is 0 Å². The van der Waals surface area contributed by atoms with E-state index >= 15 is 0 Å². The Hall–Kier alpha value is -1.62. The van der Waals surface area contributed by atoms with Crippen LogP contribution in [0.1, 0.15) is 37.8 Å². The summed E-state index contributed by atoms with van der Waals surface area (Å²) in [5.41, 5.74) is 7.01. The number of nitrogens with zero attached hydrogens (tertiary/aromatic N) is 2. The predicted molar refractivity (Wildman–Crippen MR) is 63.1 cm³/mol. The molecule has 0 saturated carbocycles. The van der Waals surface area contributed by atoms with E-state index < -0.39 is 0 Å². The molecule has 2 heterocycles. The van der Waals surface area contributed by atoms with Crippen LogP contribution >= 0.6 is 0 Å². The average molecular weight is 235 g/mol. The van der Waals surface area contributed by atoms with Crippen LogP contribution in [0.3, 0.4) is 0 Å². The Morgan fingerprint density at radius 1 is 1.47 bits per heavy atom. The molecule has 0 amide bonds. The number of nitrogens with two attached hydrogens (primary N) is 1. The Labute approximate surface area is 100.0 Å². The van der Waals surface area contributed by atoms with Crippen molar-refractivity contribution in [2.45, 2.75) is 33.2 Å². The van der Waals surface area contributed by atoms with Crippen molar-refractivity contribution in [1.82, 2.24) is 10.1 Å². The van der Waals surface area contributed by atoms with Crippen molar-refractivity contribution in [3.63, 3.8) is 0 Å². The average Bonchev–Trinajstić information content (AvgIpc) is 2.95. The minimum Gasteiger partial charge on any atom is -0.461 e. The van der Waals surface area contributed by atoms with Crippen LogP contribution in [0, 0.1) is 12.8 Å². The number of aromatic nitrogens is 2. The summed E-state index contributed by atoms with van der Waals surface area (Å²) < 4.78 is 10.5. The molecule has 2 atom stereocenters. The fourth-order valence-electron chi connectivity index (χ4n) is 1.56. The van der Waals surface area contributed by atoms with Crippen molar-refractivity contribution >= 4 is 0 Å². The number of furan rings is 1. The highest BCUT2D eigenvalue weighted by Crippen LogP contribution is 2.25. The summed E-state index contributed by atoms with van der Waals surface area (Å²) in [5.74, 6) is 1.86. The van der Waals surface area contributed by atoms with Gasteiger partial charge < -0.3 is 14.7 Å². The largest absolute Gasteiger partial charge is 0.461 e. The lowest BCUT2D eigenvalue weighted by atomic mass is 10.0. The predicted octanol–water partition coefficient (Wildman–Crippen LogP) is 2.68. The van der Waals surface area contributed by atoms with Gasteiger partial charge in [0.25, 0.3) is 0 Å². The third-order valence-electron chi connectivity index (χ3n) is 3.05. The summed E-state index contributed by atoms with van der Waals surface area (Å²) in [6.45, 7) is 6.08. The summed E-state index contributed by atoms with van der Waals surface area (Å²) in [7, 11) is 0. The zero-order valence-electron chi connectivity index (χ0n) is 10.3. The SMILES string of the molecule is CCC(C)C(N)c1nc(-c2occc2C)no1. The van der Waals surface area contributed by atoms with Gasteiger partial charge in [0, 0.05) is 0 Å². The summed E-state index contributed by atoms with van der Waals surface area (Å²) in [5, 5.41) is 3.90. The molecule has 0 bridgehead atoms. The molecule has 2 N–H and O–H groups in total. The van der Waals surface area contributed by atoms with Gasteiger partial charge in [-0.25, -0.2) is 0 Å². The van der Waals surface area contributed by atoms with Gasteiger partial charge in [-0.15, -0.1) is 0 Å². The van der Waals surface area contributed by atoms with E-state index in [-0.39, 0.29) is 6.04 Å². The topological polar surface area (TPSA) is 78.1 Å². The highest BCUT2D eigenvalue weighted by molar-refractivity contribution is 5.51. The molecular formula is C12H17N3O2. The summed E-state index contributed by atoms with van der Waals surface area (Å²) in [6.07, 6.45) is 2.58. The fourth-order valence-corrected chi connectivity index (χ4v) is 1.56. The maximum absolute atomic E-state index is 6.03. The molecule has 92 valence electrons. The van der Waals surface area contributed by atoms with E-state index in [1.54, 1.807) is 6.26 Å². The molecule has 0 radical (unpaired) electrons. The van der Waals surface area contributed by atoms with Gasteiger partial charge in [-0.3, -0.25) is 0 Å². The molecular weight excluding hydrogens is 218 g/mol. The van der Waals surface area contributed by atoms with Crippen LogP contribution in [0.2, 0.25) is 0 Å². The summed E-state index contributed by atoms with van der Waals surface area (Å²) >= 11 is 0. The van der Waals surface area contributed by atoms with Gasteiger partial charge in [-0.1, -0.05) is 25.4 Å². The zero-order valence-corrected chi connectivity index (χ0v) is 10.3. The third kappa shape index (κ3) is 2.24. The van der Waals surface area contributed by atoms with Crippen LogP contribution in [-0.2, 0) is 0 Å². The zero-order chi connectivity index (χ0) is 12.4. The first-order valence-corrected chi connectivity index (χ1v) is 5.77. The lowest BCUT2D eigenvalue weighted by molar-refractivity contribution is 0.312. The number of hydrogen-bond acceptors (Lipinski definition) is 5. The minimum atomic E-state index is -0.225. The molecule has 2 aromatic heterocycles. The van der Waals surface area contributed by atoms with Crippen LogP contribution in [0.25, 0.3) is 11.6 Å². The van der Waals surface area contributed by atoms with E-state index in [9.17, 15) is 0 Å². The van der Waals surface area contributed by atoms with Crippen molar-refractivity contribution in [2.24, 2.45) is 11.7 Å². The molecule has 0 aliphatic heterocycles. The second-order valence-corrected chi connectivity index (χ2v) is 4.30. The van der Waals surface area contributed by atoms with Gasteiger partial charge in [-0.05, 0) is 24.5 Å². The second kappa shape index (κ2) is 4.71. The molecule has 0 aliphatic rings. The smallest absolute Gasteiger partial charge is 0.244 e. The molecule has 2 aromatic rings. The number of hydrogen-bond donors (Lipinski definition) is 1. The van der Waals surface area contributed by atoms with Gasteiger partial charge in [-0.2, -0.15) is 4.98 Å². The quantitative estimate of drug-likeness (QED) is 0.881. The Kier molecular flexibility index (Phi) is 3.28. The van der Waals surface area contributed by atoms with Crippen molar-refractivity contribution in [3.8, 4) is 11.6 Å².